The summed E-state index contributed by atoms with van der Waals surface area (Å²) in [6.07, 6.45) is 2.09. The monoisotopic (exact) mass is 384 g/mol. The second kappa shape index (κ2) is 9.46. The molecule has 0 aliphatic carbocycles. The van der Waals surface area contributed by atoms with Crippen LogP contribution in [-0.2, 0) is 14.3 Å². The number of amides is 1. The molecule has 2 aromatic rings. The van der Waals surface area contributed by atoms with E-state index in [1.165, 1.54) is 19.2 Å². The SMILES string of the molecule is COC(=O)CC1CCN(C(C(=O)Nc2ccc(F)cc2)c2ccccc2)CC1. The van der Waals surface area contributed by atoms with Gasteiger partial charge in [-0.3, -0.25) is 14.5 Å². The number of hydrogen-bond acceptors (Lipinski definition) is 4. The van der Waals surface area contributed by atoms with Crippen molar-refractivity contribution in [1.82, 2.24) is 4.90 Å². The number of piperidine rings is 1. The number of rotatable bonds is 6. The van der Waals surface area contributed by atoms with Gasteiger partial charge in [0.2, 0.25) is 5.91 Å². The van der Waals surface area contributed by atoms with Gasteiger partial charge in [0, 0.05) is 12.1 Å². The molecule has 1 N–H and O–H groups in total. The molecule has 6 heteroatoms. The molecule has 0 aromatic heterocycles. The van der Waals surface area contributed by atoms with E-state index in [1.54, 1.807) is 12.1 Å². The third-order valence-corrected chi connectivity index (χ3v) is 5.17. The standard InChI is InChI=1S/C22H25FN2O3/c1-28-20(26)15-16-11-13-25(14-12-16)21(17-5-3-2-4-6-17)22(27)24-19-9-7-18(23)8-10-19/h2-10,16,21H,11-15H2,1H3,(H,24,27). The van der Waals surface area contributed by atoms with Crippen molar-refractivity contribution in [3.05, 3.63) is 66.0 Å². The number of benzene rings is 2. The molecule has 0 saturated carbocycles. The molecule has 0 bridgehead atoms. The third kappa shape index (κ3) is 5.16. The van der Waals surface area contributed by atoms with Crippen molar-refractivity contribution in [2.75, 3.05) is 25.5 Å². The average molecular weight is 384 g/mol. The first-order valence-corrected chi connectivity index (χ1v) is 9.49. The number of carbonyl (C=O) groups excluding carboxylic acids is 2. The van der Waals surface area contributed by atoms with Gasteiger partial charge in [0.1, 0.15) is 11.9 Å². The second-order valence-electron chi connectivity index (χ2n) is 7.07. The van der Waals surface area contributed by atoms with Crippen LogP contribution in [0.1, 0.15) is 30.9 Å². The summed E-state index contributed by atoms with van der Waals surface area (Å²) in [6, 6.07) is 14.9. The predicted molar refractivity (Wildman–Crippen MR) is 105 cm³/mol. The predicted octanol–water partition coefficient (Wildman–Crippen LogP) is 3.78. The molecule has 5 nitrogen and oxygen atoms in total. The Morgan fingerprint density at radius 1 is 1.11 bits per heavy atom. The number of esters is 1. The molecule has 1 fully saturated rings. The molecule has 1 heterocycles. The smallest absolute Gasteiger partial charge is 0.305 e. The minimum Gasteiger partial charge on any atom is -0.469 e. The number of nitrogens with zero attached hydrogens (tertiary/aromatic N) is 1. The van der Waals surface area contributed by atoms with Gasteiger partial charge in [0.05, 0.1) is 7.11 Å². The molecule has 1 aliphatic rings. The summed E-state index contributed by atoms with van der Waals surface area (Å²) >= 11 is 0. The molecule has 148 valence electrons. The van der Waals surface area contributed by atoms with Gasteiger partial charge in [-0.1, -0.05) is 30.3 Å². The zero-order valence-electron chi connectivity index (χ0n) is 15.9. The Kier molecular flexibility index (Phi) is 6.76. The Labute approximate surface area is 164 Å². The summed E-state index contributed by atoms with van der Waals surface area (Å²) in [5, 5.41) is 2.90. The van der Waals surface area contributed by atoms with Crippen LogP contribution in [0.2, 0.25) is 0 Å². The Bertz CT molecular complexity index is 787. The number of halogens is 1. The van der Waals surface area contributed by atoms with E-state index in [0.29, 0.717) is 12.1 Å². The lowest BCUT2D eigenvalue weighted by atomic mass is 9.91. The van der Waals surface area contributed by atoms with Crippen molar-refractivity contribution in [3.8, 4) is 0 Å². The van der Waals surface area contributed by atoms with Gasteiger partial charge in [-0.2, -0.15) is 0 Å². The molecule has 1 atom stereocenters. The van der Waals surface area contributed by atoms with Gasteiger partial charge >= 0.3 is 5.97 Å². The fraction of sp³-hybridized carbons (Fsp3) is 0.364. The van der Waals surface area contributed by atoms with Crippen molar-refractivity contribution in [2.45, 2.75) is 25.3 Å². The zero-order chi connectivity index (χ0) is 19.9. The molecular formula is C22H25FN2O3. The number of hydrogen-bond donors (Lipinski definition) is 1. The number of likely N-dealkylation sites (tertiary alicyclic amines) is 1. The van der Waals surface area contributed by atoms with Crippen molar-refractivity contribution in [2.24, 2.45) is 5.92 Å². The zero-order valence-corrected chi connectivity index (χ0v) is 15.9. The minimum absolute atomic E-state index is 0.149. The van der Waals surface area contributed by atoms with E-state index in [2.05, 4.69) is 10.2 Å². The van der Waals surface area contributed by atoms with E-state index in [4.69, 9.17) is 4.74 Å². The number of methoxy groups -OCH3 is 1. The maximum atomic E-state index is 13.1. The van der Waals surface area contributed by atoms with Gasteiger partial charge in [-0.05, 0) is 61.7 Å². The molecule has 3 rings (SSSR count). The van der Waals surface area contributed by atoms with Crippen molar-refractivity contribution in [3.63, 3.8) is 0 Å². The lowest BCUT2D eigenvalue weighted by Crippen LogP contribution is -2.42. The number of carbonyl (C=O) groups is 2. The number of ether oxygens (including phenoxy) is 1. The van der Waals surface area contributed by atoms with Gasteiger partial charge in [0.15, 0.2) is 0 Å². The van der Waals surface area contributed by atoms with Crippen LogP contribution in [-0.4, -0.2) is 37.0 Å². The average Bonchev–Trinajstić information content (AvgIpc) is 2.72. The minimum atomic E-state index is -0.440. The molecule has 0 radical (unpaired) electrons. The second-order valence-corrected chi connectivity index (χ2v) is 7.07. The molecule has 0 spiro atoms. The summed E-state index contributed by atoms with van der Waals surface area (Å²) in [5.41, 5.74) is 1.47. The molecule has 1 unspecified atom stereocenters. The van der Waals surface area contributed by atoms with Crippen LogP contribution in [0, 0.1) is 11.7 Å². The van der Waals surface area contributed by atoms with Crippen LogP contribution in [0.5, 0.6) is 0 Å². The summed E-state index contributed by atoms with van der Waals surface area (Å²) in [4.78, 5) is 26.7. The van der Waals surface area contributed by atoms with Gasteiger partial charge in [0.25, 0.3) is 0 Å². The van der Waals surface area contributed by atoms with E-state index < -0.39 is 6.04 Å². The van der Waals surface area contributed by atoms with Crippen LogP contribution in [0.25, 0.3) is 0 Å². The van der Waals surface area contributed by atoms with E-state index >= 15 is 0 Å². The van der Waals surface area contributed by atoms with E-state index in [1.807, 2.05) is 30.3 Å². The highest BCUT2D eigenvalue weighted by Gasteiger charge is 2.31. The Hall–Kier alpha value is -2.73. The van der Waals surface area contributed by atoms with Crippen molar-refractivity contribution >= 4 is 17.6 Å². The van der Waals surface area contributed by atoms with Crippen LogP contribution >= 0.6 is 0 Å². The lowest BCUT2D eigenvalue weighted by molar-refractivity contribution is -0.142. The molecule has 1 amide bonds. The third-order valence-electron chi connectivity index (χ3n) is 5.17. The largest absolute Gasteiger partial charge is 0.469 e. The first-order valence-electron chi connectivity index (χ1n) is 9.49. The van der Waals surface area contributed by atoms with Gasteiger partial charge < -0.3 is 10.1 Å². The quantitative estimate of drug-likeness (QED) is 0.770. The van der Waals surface area contributed by atoms with E-state index in [-0.39, 0.29) is 23.6 Å². The summed E-state index contributed by atoms with van der Waals surface area (Å²) in [7, 11) is 1.41. The first-order chi connectivity index (χ1) is 13.6. The van der Waals surface area contributed by atoms with Gasteiger partial charge in [-0.15, -0.1) is 0 Å². The maximum absolute atomic E-state index is 13.1. The van der Waals surface area contributed by atoms with E-state index in [0.717, 1.165) is 31.5 Å². The molecule has 28 heavy (non-hydrogen) atoms. The fourth-order valence-corrected chi connectivity index (χ4v) is 3.64. The molecular weight excluding hydrogens is 359 g/mol. The van der Waals surface area contributed by atoms with Crippen LogP contribution in [0.15, 0.2) is 54.6 Å². The van der Waals surface area contributed by atoms with Crippen LogP contribution in [0.4, 0.5) is 10.1 Å². The molecule has 1 saturated heterocycles. The number of anilines is 1. The highest BCUT2D eigenvalue weighted by molar-refractivity contribution is 5.95. The van der Waals surface area contributed by atoms with Crippen LogP contribution < -0.4 is 5.32 Å². The van der Waals surface area contributed by atoms with E-state index in [9.17, 15) is 14.0 Å². The van der Waals surface area contributed by atoms with Crippen molar-refractivity contribution in [1.29, 1.82) is 0 Å². The Balaban J connectivity index is 1.72. The Morgan fingerprint density at radius 3 is 2.36 bits per heavy atom. The first kappa shape index (κ1) is 20.0. The summed E-state index contributed by atoms with van der Waals surface area (Å²) in [5.74, 6) is -0.401. The van der Waals surface area contributed by atoms with Gasteiger partial charge in [-0.25, -0.2) is 4.39 Å². The normalized spacial score (nSPS) is 16.4. The van der Waals surface area contributed by atoms with Crippen molar-refractivity contribution < 1.29 is 18.7 Å². The summed E-state index contributed by atoms with van der Waals surface area (Å²) in [6.45, 7) is 1.44. The highest BCUT2D eigenvalue weighted by atomic mass is 19.1. The maximum Gasteiger partial charge on any atom is 0.305 e. The van der Waals surface area contributed by atoms with Crippen LogP contribution in [0.3, 0.4) is 0 Å². The molecule has 2 aromatic carbocycles. The molecule has 1 aliphatic heterocycles. The lowest BCUT2D eigenvalue weighted by Gasteiger charge is -2.36. The topological polar surface area (TPSA) is 58.6 Å². The summed E-state index contributed by atoms with van der Waals surface area (Å²) < 4.78 is 17.9. The highest BCUT2D eigenvalue weighted by Crippen LogP contribution is 2.29. The fourth-order valence-electron chi connectivity index (χ4n) is 3.64. The Morgan fingerprint density at radius 2 is 1.75 bits per heavy atom. The number of nitrogens with one attached hydrogen (secondary N) is 1.